The summed E-state index contributed by atoms with van der Waals surface area (Å²) in [6.45, 7) is 4.12. The molecule has 0 radical (unpaired) electrons. The van der Waals surface area contributed by atoms with Crippen molar-refractivity contribution in [2.24, 2.45) is 0 Å². The third-order valence-electron chi connectivity index (χ3n) is 3.27. The zero-order valence-electron chi connectivity index (χ0n) is 9.87. The van der Waals surface area contributed by atoms with Gasteiger partial charge in [0.25, 0.3) is 0 Å². The molecule has 84 valence electrons. The molecule has 1 rings (SSSR count). The molecule has 1 aromatic rings. The van der Waals surface area contributed by atoms with E-state index in [0.717, 1.165) is 32.1 Å². The highest BCUT2D eigenvalue weighted by atomic mass is 16.3. The lowest BCUT2D eigenvalue weighted by Gasteiger charge is -2.24. The van der Waals surface area contributed by atoms with Crippen LogP contribution >= 0.6 is 0 Å². The molecule has 0 spiro atoms. The quantitative estimate of drug-likeness (QED) is 0.754. The second-order valence-electron chi connectivity index (χ2n) is 4.27. The molecule has 0 heterocycles. The summed E-state index contributed by atoms with van der Waals surface area (Å²) in [6.07, 6.45) is 4.77. The van der Waals surface area contributed by atoms with E-state index >= 15 is 0 Å². The van der Waals surface area contributed by atoms with Crippen molar-refractivity contribution in [2.75, 3.05) is 0 Å². The molecule has 0 bridgehead atoms. The molecular formula is C14H22O. The summed E-state index contributed by atoms with van der Waals surface area (Å²) in [5, 5.41) is 10.1. The topological polar surface area (TPSA) is 20.2 Å². The lowest BCUT2D eigenvalue weighted by Crippen LogP contribution is -2.26. The van der Waals surface area contributed by atoms with E-state index < -0.39 is 5.60 Å². The Balaban J connectivity index is 2.33. The lowest BCUT2D eigenvalue weighted by atomic mass is 9.90. The van der Waals surface area contributed by atoms with Crippen LogP contribution < -0.4 is 0 Å². The second-order valence-corrected chi connectivity index (χ2v) is 4.27. The maximum absolute atomic E-state index is 10.1. The first-order chi connectivity index (χ1) is 7.20. The molecule has 0 saturated heterocycles. The van der Waals surface area contributed by atoms with Gasteiger partial charge in [0.1, 0.15) is 0 Å². The predicted octanol–water partition coefficient (Wildman–Crippen LogP) is 3.56. The van der Waals surface area contributed by atoms with E-state index in [4.69, 9.17) is 0 Å². The van der Waals surface area contributed by atoms with E-state index in [1.54, 1.807) is 0 Å². The van der Waals surface area contributed by atoms with E-state index in [1.807, 2.05) is 6.07 Å². The van der Waals surface area contributed by atoms with Gasteiger partial charge in [-0.15, -0.1) is 0 Å². The predicted molar refractivity (Wildman–Crippen MR) is 64.9 cm³/mol. The number of aliphatic hydroxyl groups is 1. The molecule has 0 fully saturated rings. The zero-order valence-corrected chi connectivity index (χ0v) is 9.87. The van der Waals surface area contributed by atoms with Crippen LogP contribution in [-0.4, -0.2) is 10.7 Å². The van der Waals surface area contributed by atoms with Crippen LogP contribution in [0.25, 0.3) is 0 Å². The first-order valence-electron chi connectivity index (χ1n) is 5.96. The minimum atomic E-state index is -0.436. The van der Waals surface area contributed by atoms with Gasteiger partial charge in [-0.1, -0.05) is 44.2 Å². The van der Waals surface area contributed by atoms with Gasteiger partial charge in [0, 0.05) is 0 Å². The van der Waals surface area contributed by atoms with E-state index in [9.17, 15) is 5.11 Å². The van der Waals surface area contributed by atoms with Crippen LogP contribution in [0.1, 0.15) is 45.1 Å². The molecule has 0 atom stereocenters. The SMILES string of the molecule is CCC(O)(CC)CCCc1ccccc1. The van der Waals surface area contributed by atoms with E-state index in [2.05, 4.69) is 38.1 Å². The van der Waals surface area contributed by atoms with Crippen LogP contribution in [0.5, 0.6) is 0 Å². The summed E-state index contributed by atoms with van der Waals surface area (Å²) < 4.78 is 0. The molecule has 1 aromatic carbocycles. The lowest BCUT2D eigenvalue weighted by molar-refractivity contribution is 0.0218. The third-order valence-corrected chi connectivity index (χ3v) is 3.27. The van der Waals surface area contributed by atoms with Crippen molar-refractivity contribution in [3.05, 3.63) is 35.9 Å². The Morgan fingerprint density at radius 3 is 2.20 bits per heavy atom. The Bertz CT molecular complexity index is 262. The van der Waals surface area contributed by atoms with Crippen molar-refractivity contribution in [2.45, 2.75) is 51.6 Å². The summed E-state index contributed by atoms with van der Waals surface area (Å²) in [7, 11) is 0. The van der Waals surface area contributed by atoms with Gasteiger partial charge in [0.15, 0.2) is 0 Å². The van der Waals surface area contributed by atoms with Crippen molar-refractivity contribution >= 4 is 0 Å². The molecule has 0 saturated carbocycles. The standard InChI is InChI=1S/C14H22O/c1-3-14(15,4-2)12-8-11-13-9-6-5-7-10-13/h5-7,9-10,15H,3-4,8,11-12H2,1-2H3. The molecule has 0 aliphatic heterocycles. The molecular weight excluding hydrogens is 184 g/mol. The molecule has 0 unspecified atom stereocenters. The smallest absolute Gasteiger partial charge is 0.0642 e. The van der Waals surface area contributed by atoms with E-state index in [1.165, 1.54) is 5.56 Å². The van der Waals surface area contributed by atoms with Crippen LogP contribution in [0, 0.1) is 0 Å². The fourth-order valence-corrected chi connectivity index (χ4v) is 1.87. The van der Waals surface area contributed by atoms with Crippen molar-refractivity contribution in [1.82, 2.24) is 0 Å². The average molecular weight is 206 g/mol. The average Bonchev–Trinajstić information content (AvgIpc) is 2.30. The van der Waals surface area contributed by atoms with Gasteiger partial charge in [-0.2, -0.15) is 0 Å². The molecule has 15 heavy (non-hydrogen) atoms. The van der Waals surface area contributed by atoms with Crippen molar-refractivity contribution in [3.63, 3.8) is 0 Å². The number of aryl methyl sites for hydroxylation is 1. The number of rotatable bonds is 6. The Morgan fingerprint density at radius 2 is 1.67 bits per heavy atom. The fourth-order valence-electron chi connectivity index (χ4n) is 1.87. The van der Waals surface area contributed by atoms with Gasteiger partial charge in [0.05, 0.1) is 5.60 Å². The number of hydrogen-bond acceptors (Lipinski definition) is 1. The van der Waals surface area contributed by atoms with Gasteiger partial charge in [-0.25, -0.2) is 0 Å². The minimum Gasteiger partial charge on any atom is -0.390 e. The molecule has 0 aromatic heterocycles. The highest BCUT2D eigenvalue weighted by molar-refractivity contribution is 5.14. The fraction of sp³-hybridized carbons (Fsp3) is 0.571. The Hall–Kier alpha value is -0.820. The van der Waals surface area contributed by atoms with Crippen LogP contribution in [0.3, 0.4) is 0 Å². The highest BCUT2D eigenvalue weighted by Crippen LogP contribution is 2.22. The van der Waals surface area contributed by atoms with Crippen molar-refractivity contribution in [3.8, 4) is 0 Å². The van der Waals surface area contributed by atoms with Gasteiger partial charge >= 0.3 is 0 Å². The van der Waals surface area contributed by atoms with Crippen LogP contribution in [0.2, 0.25) is 0 Å². The zero-order chi connectivity index (χ0) is 11.1. The first-order valence-corrected chi connectivity index (χ1v) is 5.96. The molecule has 0 aliphatic carbocycles. The summed E-state index contributed by atoms with van der Waals surface area (Å²) in [6, 6.07) is 10.5. The third kappa shape index (κ3) is 4.05. The number of hydrogen-bond donors (Lipinski definition) is 1. The maximum atomic E-state index is 10.1. The van der Waals surface area contributed by atoms with E-state index in [-0.39, 0.29) is 0 Å². The summed E-state index contributed by atoms with van der Waals surface area (Å²) in [5.41, 5.74) is 0.932. The molecule has 1 nitrogen and oxygen atoms in total. The van der Waals surface area contributed by atoms with Crippen LogP contribution in [-0.2, 0) is 6.42 Å². The highest BCUT2D eigenvalue weighted by Gasteiger charge is 2.20. The summed E-state index contributed by atoms with van der Waals surface area (Å²) >= 11 is 0. The molecule has 1 heteroatoms. The molecule has 0 amide bonds. The van der Waals surface area contributed by atoms with Crippen molar-refractivity contribution in [1.29, 1.82) is 0 Å². The first kappa shape index (κ1) is 12.3. The Labute approximate surface area is 93.1 Å². The molecule has 1 N–H and O–H groups in total. The van der Waals surface area contributed by atoms with E-state index in [0.29, 0.717) is 0 Å². The van der Waals surface area contributed by atoms with Crippen LogP contribution in [0.4, 0.5) is 0 Å². The van der Waals surface area contributed by atoms with Gasteiger partial charge in [-0.3, -0.25) is 0 Å². The number of benzene rings is 1. The van der Waals surface area contributed by atoms with Crippen molar-refractivity contribution < 1.29 is 5.11 Å². The minimum absolute atomic E-state index is 0.436. The Kier molecular flexibility index (Phi) is 4.83. The molecule has 0 aliphatic rings. The van der Waals surface area contributed by atoms with Gasteiger partial charge in [0.2, 0.25) is 0 Å². The largest absolute Gasteiger partial charge is 0.390 e. The van der Waals surface area contributed by atoms with Crippen LogP contribution in [0.15, 0.2) is 30.3 Å². The monoisotopic (exact) mass is 206 g/mol. The van der Waals surface area contributed by atoms with Gasteiger partial charge in [-0.05, 0) is 37.7 Å². The summed E-state index contributed by atoms with van der Waals surface area (Å²) in [4.78, 5) is 0. The normalized spacial score (nSPS) is 11.7. The maximum Gasteiger partial charge on any atom is 0.0642 e. The Morgan fingerprint density at radius 1 is 1.07 bits per heavy atom. The van der Waals surface area contributed by atoms with Gasteiger partial charge < -0.3 is 5.11 Å². The second kappa shape index (κ2) is 5.92. The summed E-state index contributed by atoms with van der Waals surface area (Å²) in [5.74, 6) is 0.